The van der Waals surface area contributed by atoms with Crippen LogP contribution in [0.3, 0.4) is 0 Å². The summed E-state index contributed by atoms with van der Waals surface area (Å²) in [7, 11) is 0. The highest BCUT2D eigenvalue weighted by molar-refractivity contribution is 5.79. The van der Waals surface area contributed by atoms with E-state index in [0.29, 0.717) is 11.8 Å². The molecule has 1 aliphatic carbocycles. The quantitative estimate of drug-likeness (QED) is 0.635. The van der Waals surface area contributed by atoms with Crippen molar-refractivity contribution in [2.45, 2.75) is 70.9 Å². The fourth-order valence-electron chi connectivity index (χ4n) is 5.38. The molecule has 2 aromatic rings. The molecule has 1 saturated carbocycles. The smallest absolute Gasteiger partial charge is 0.227 e. The number of amides is 1. The van der Waals surface area contributed by atoms with Gasteiger partial charge in [-0.15, -0.1) is 10.2 Å². The highest BCUT2D eigenvalue weighted by Crippen LogP contribution is 2.33. The van der Waals surface area contributed by atoms with Crippen molar-refractivity contribution in [1.82, 2.24) is 29.5 Å². The van der Waals surface area contributed by atoms with E-state index < -0.39 is 0 Å². The van der Waals surface area contributed by atoms with Gasteiger partial charge in [0.25, 0.3) is 0 Å². The van der Waals surface area contributed by atoms with Crippen LogP contribution in [-0.4, -0.2) is 61.6 Å². The highest BCUT2D eigenvalue weighted by Gasteiger charge is 2.35. The van der Waals surface area contributed by atoms with E-state index in [1.165, 1.54) is 18.4 Å². The summed E-state index contributed by atoms with van der Waals surface area (Å²) in [4.78, 5) is 22.2. The van der Waals surface area contributed by atoms with Crippen molar-refractivity contribution in [3.8, 4) is 0 Å². The summed E-state index contributed by atoms with van der Waals surface area (Å²) in [6, 6.07) is 4.16. The topological polar surface area (TPSA) is 67.2 Å². The van der Waals surface area contributed by atoms with Crippen LogP contribution in [0.25, 0.3) is 0 Å². The lowest BCUT2D eigenvalue weighted by Gasteiger charge is -2.33. The predicted molar refractivity (Wildman–Crippen MR) is 123 cm³/mol. The molecule has 0 N–H and O–H groups in total. The van der Waals surface area contributed by atoms with Crippen LogP contribution in [0.15, 0.2) is 24.5 Å². The first kappa shape index (κ1) is 21.6. The molecule has 5 rings (SSSR count). The Morgan fingerprint density at radius 2 is 2.00 bits per heavy atom. The van der Waals surface area contributed by atoms with Crippen molar-refractivity contribution >= 4 is 5.91 Å². The zero-order valence-electron chi connectivity index (χ0n) is 19.3. The van der Waals surface area contributed by atoms with Crippen molar-refractivity contribution in [3.05, 3.63) is 41.7 Å². The molecule has 172 valence electrons. The molecule has 0 unspecified atom stereocenters. The summed E-state index contributed by atoms with van der Waals surface area (Å²) >= 11 is 0. The highest BCUT2D eigenvalue weighted by atomic mass is 16.2. The van der Waals surface area contributed by atoms with Gasteiger partial charge in [-0.1, -0.05) is 13.0 Å². The zero-order valence-corrected chi connectivity index (χ0v) is 19.3. The molecule has 0 spiro atoms. The van der Waals surface area contributed by atoms with Gasteiger partial charge in [-0.2, -0.15) is 0 Å². The van der Waals surface area contributed by atoms with Crippen molar-refractivity contribution in [3.63, 3.8) is 0 Å². The Hall–Kier alpha value is -2.28. The summed E-state index contributed by atoms with van der Waals surface area (Å²) in [5.41, 5.74) is 1.27. The summed E-state index contributed by atoms with van der Waals surface area (Å²) in [5, 5.41) is 9.14. The Balaban J connectivity index is 1.21. The van der Waals surface area contributed by atoms with E-state index in [1.54, 1.807) is 0 Å². The van der Waals surface area contributed by atoms with Gasteiger partial charge in [0, 0.05) is 50.9 Å². The number of carbonyl (C=O) groups excluding carboxylic acids is 1. The largest absolute Gasteiger partial charge is 0.342 e. The Labute approximate surface area is 191 Å². The van der Waals surface area contributed by atoms with Crippen LogP contribution in [0.2, 0.25) is 0 Å². The molecular formula is C25H36N6O. The van der Waals surface area contributed by atoms with Gasteiger partial charge in [-0.3, -0.25) is 14.7 Å². The Bertz CT molecular complexity index is 900. The number of pyridine rings is 1. The molecule has 3 aliphatic rings. The van der Waals surface area contributed by atoms with Crippen LogP contribution in [0, 0.1) is 11.8 Å². The van der Waals surface area contributed by atoms with Crippen LogP contribution in [0.1, 0.15) is 68.6 Å². The molecular weight excluding hydrogens is 400 g/mol. The van der Waals surface area contributed by atoms with Gasteiger partial charge in [0.15, 0.2) is 0 Å². The summed E-state index contributed by atoms with van der Waals surface area (Å²) in [5.74, 6) is 3.80. The number of carbonyl (C=O) groups is 1. The summed E-state index contributed by atoms with van der Waals surface area (Å²) in [6.07, 6.45) is 11.4. The van der Waals surface area contributed by atoms with Gasteiger partial charge in [0.05, 0.1) is 5.92 Å². The molecule has 1 saturated heterocycles. The lowest BCUT2D eigenvalue weighted by atomic mass is 9.93. The van der Waals surface area contributed by atoms with Crippen LogP contribution >= 0.6 is 0 Å². The molecule has 0 radical (unpaired) electrons. The first-order valence-corrected chi connectivity index (χ1v) is 12.5. The minimum Gasteiger partial charge on any atom is -0.342 e. The monoisotopic (exact) mass is 436 g/mol. The van der Waals surface area contributed by atoms with Gasteiger partial charge >= 0.3 is 0 Å². The molecule has 2 aromatic heterocycles. The fourth-order valence-corrected chi connectivity index (χ4v) is 5.38. The maximum atomic E-state index is 13.3. The van der Waals surface area contributed by atoms with Gasteiger partial charge in [-0.25, -0.2) is 0 Å². The second-order valence-electron chi connectivity index (χ2n) is 9.96. The second-order valence-corrected chi connectivity index (χ2v) is 9.96. The molecule has 1 atom stereocenters. The normalized spacial score (nSPS) is 22.0. The molecule has 2 aliphatic heterocycles. The third kappa shape index (κ3) is 4.87. The van der Waals surface area contributed by atoms with E-state index in [2.05, 4.69) is 42.5 Å². The molecule has 7 nitrogen and oxygen atoms in total. The van der Waals surface area contributed by atoms with Crippen molar-refractivity contribution in [1.29, 1.82) is 0 Å². The van der Waals surface area contributed by atoms with E-state index in [4.69, 9.17) is 0 Å². The molecule has 2 fully saturated rings. The molecule has 0 aromatic carbocycles. The van der Waals surface area contributed by atoms with Crippen molar-refractivity contribution in [2.75, 3.05) is 26.2 Å². The third-order valence-corrected chi connectivity index (χ3v) is 7.39. The Morgan fingerprint density at radius 3 is 2.72 bits per heavy atom. The lowest BCUT2D eigenvalue weighted by molar-refractivity contribution is -0.137. The average molecular weight is 437 g/mol. The second kappa shape index (κ2) is 9.69. The molecule has 32 heavy (non-hydrogen) atoms. The van der Waals surface area contributed by atoms with Gasteiger partial charge in [0.1, 0.15) is 11.6 Å². The van der Waals surface area contributed by atoms with Crippen molar-refractivity contribution < 1.29 is 4.79 Å². The third-order valence-electron chi connectivity index (χ3n) is 7.39. The average Bonchev–Trinajstić information content (AvgIpc) is 3.55. The minimum atomic E-state index is 0.0771. The van der Waals surface area contributed by atoms with Crippen molar-refractivity contribution in [2.24, 2.45) is 11.8 Å². The number of aryl methyl sites for hydroxylation is 1. The van der Waals surface area contributed by atoms with Crippen LogP contribution in [-0.2, 0) is 24.3 Å². The maximum Gasteiger partial charge on any atom is 0.227 e. The predicted octanol–water partition coefficient (Wildman–Crippen LogP) is 3.26. The summed E-state index contributed by atoms with van der Waals surface area (Å²) < 4.78 is 2.30. The van der Waals surface area contributed by atoms with Crippen LogP contribution in [0.4, 0.5) is 0 Å². The molecule has 1 amide bonds. The number of hydrogen-bond acceptors (Lipinski definition) is 5. The summed E-state index contributed by atoms with van der Waals surface area (Å²) in [6.45, 7) is 7.88. The Morgan fingerprint density at radius 1 is 1.16 bits per heavy atom. The number of nitrogens with zero attached hydrogens (tertiary/aromatic N) is 6. The first-order chi connectivity index (χ1) is 15.7. The van der Waals surface area contributed by atoms with E-state index in [1.807, 2.05) is 18.5 Å². The molecule has 7 heteroatoms. The van der Waals surface area contributed by atoms with Gasteiger partial charge in [-0.05, 0) is 69.2 Å². The standard InChI is InChI=1S/C25H36N6O/c1-2-12-30(17-19-5-6-19)25(32)22-7-8-23-27-28-24(31(23)18-22)21-9-13-29(14-10-21)16-20-4-3-11-26-15-20/h3-4,11,15,19,21-22H,2,5-10,12-14,16-18H2,1H3/t22-/m0/s1. The lowest BCUT2D eigenvalue weighted by Crippen LogP contribution is -2.41. The van der Waals surface area contributed by atoms with E-state index in [-0.39, 0.29) is 5.92 Å². The maximum absolute atomic E-state index is 13.3. The van der Waals surface area contributed by atoms with E-state index >= 15 is 0 Å². The fraction of sp³-hybridized carbons (Fsp3) is 0.680. The van der Waals surface area contributed by atoms with E-state index in [9.17, 15) is 4.79 Å². The number of likely N-dealkylation sites (tertiary alicyclic amines) is 1. The van der Waals surface area contributed by atoms with Crippen LogP contribution in [0.5, 0.6) is 0 Å². The Kier molecular flexibility index (Phi) is 6.53. The van der Waals surface area contributed by atoms with Gasteiger partial charge in [0.2, 0.25) is 5.91 Å². The number of rotatable bonds is 8. The van der Waals surface area contributed by atoms with Crippen LogP contribution < -0.4 is 0 Å². The number of hydrogen-bond donors (Lipinski definition) is 0. The number of piperidine rings is 1. The number of aromatic nitrogens is 4. The van der Waals surface area contributed by atoms with E-state index in [0.717, 1.165) is 88.9 Å². The number of fused-ring (bicyclic) bond motifs is 1. The zero-order chi connectivity index (χ0) is 21.9. The van der Waals surface area contributed by atoms with Gasteiger partial charge < -0.3 is 9.47 Å². The molecule has 4 heterocycles. The molecule has 0 bridgehead atoms. The minimum absolute atomic E-state index is 0.0771. The SMILES string of the molecule is CCCN(CC1CC1)C(=O)[C@H]1CCc2nnc(C3CCN(Cc4cccnc4)CC3)n2C1. The first-order valence-electron chi connectivity index (χ1n) is 12.5.